The molecule has 3 aliphatic heterocycles. The molecule has 13 heavy (non-hydrogen) atoms. The summed E-state index contributed by atoms with van der Waals surface area (Å²) in [7, 11) is 4.30. The minimum Gasteiger partial charge on any atom is -0.380 e. The van der Waals surface area contributed by atoms with E-state index in [9.17, 15) is 0 Å². The summed E-state index contributed by atoms with van der Waals surface area (Å²) in [5.41, 5.74) is 0.620. The third-order valence-electron chi connectivity index (χ3n) is 3.11. The predicted octanol–water partition coefficient (Wildman–Crippen LogP) is 0.270. The minimum atomic E-state index is 0.620. The molecule has 0 amide bonds. The first kappa shape index (κ1) is 9.44. The van der Waals surface area contributed by atoms with Gasteiger partial charge in [0.2, 0.25) is 0 Å². The number of ether oxygens (including phenoxy) is 1. The highest BCUT2D eigenvalue weighted by Gasteiger charge is 2.47. The maximum atomic E-state index is 5.10. The van der Waals surface area contributed by atoms with Crippen molar-refractivity contribution in [2.24, 2.45) is 5.41 Å². The van der Waals surface area contributed by atoms with Gasteiger partial charge in [-0.1, -0.05) is 0 Å². The van der Waals surface area contributed by atoms with Gasteiger partial charge in [0.05, 0.1) is 13.2 Å². The molecule has 3 nitrogen and oxygen atoms in total. The minimum absolute atomic E-state index is 0.620. The van der Waals surface area contributed by atoms with E-state index >= 15 is 0 Å². The molecular formula is C10H20N2O. The number of nitrogens with zero attached hydrogens (tertiary/aromatic N) is 2. The van der Waals surface area contributed by atoms with Crippen LogP contribution >= 0.6 is 0 Å². The van der Waals surface area contributed by atoms with Gasteiger partial charge in [0.15, 0.2) is 0 Å². The monoisotopic (exact) mass is 184 g/mol. The van der Waals surface area contributed by atoms with Crippen molar-refractivity contribution in [2.75, 3.05) is 53.5 Å². The SMILES string of the molecule is CN1CC2(COC2)C1.CN1CCC1. The van der Waals surface area contributed by atoms with E-state index in [0.29, 0.717) is 5.41 Å². The van der Waals surface area contributed by atoms with E-state index < -0.39 is 0 Å². The Balaban J connectivity index is 0.000000113. The Labute approximate surface area is 80.6 Å². The Morgan fingerprint density at radius 2 is 1.54 bits per heavy atom. The molecule has 3 fully saturated rings. The van der Waals surface area contributed by atoms with Crippen molar-refractivity contribution in [3.63, 3.8) is 0 Å². The van der Waals surface area contributed by atoms with Crippen LogP contribution in [-0.2, 0) is 4.74 Å². The maximum Gasteiger partial charge on any atom is 0.0569 e. The highest BCUT2D eigenvalue weighted by Crippen LogP contribution is 2.35. The first-order valence-electron chi connectivity index (χ1n) is 5.15. The fraction of sp³-hybridized carbons (Fsp3) is 1.00. The lowest BCUT2D eigenvalue weighted by Crippen LogP contribution is -2.64. The molecule has 0 bridgehead atoms. The highest BCUT2D eigenvalue weighted by molar-refractivity contribution is 4.97. The molecule has 3 aliphatic rings. The van der Waals surface area contributed by atoms with Gasteiger partial charge in [-0.25, -0.2) is 0 Å². The molecule has 0 saturated carbocycles. The molecule has 3 saturated heterocycles. The lowest BCUT2D eigenvalue weighted by atomic mass is 9.79. The lowest BCUT2D eigenvalue weighted by Gasteiger charge is -2.53. The summed E-state index contributed by atoms with van der Waals surface area (Å²) >= 11 is 0. The summed E-state index contributed by atoms with van der Waals surface area (Å²) in [5, 5.41) is 0. The molecule has 3 rings (SSSR count). The molecule has 76 valence electrons. The molecule has 0 aromatic rings. The van der Waals surface area contributed by atoms with E-state index in [1.165, 1.54) is 32.6 Å². The Morgan fingerprint density at radius 3 is 1.62 bits per heavy atom. The topological polar surface area (TPSA) is 15.7 Å². The molecule has 3 heterocycles. The van der Waals surface area contributed by atoms with Crippen LogP contribution in [0.25, 0.3) is 0 Å². The lowest BCUT2D eigenvalue weighted by molar-refractivity contribution is -0.182. The summed E-state index contributed by atoms with van der Waals surface area (Å²) in [4.78, 5) is 4.64. The first-order valence-corrected chi connectivity index (χ1v) is 5.15. The normalized spacial score (nSPS) is 30.9. The van der Waals surface area contributed by atoms with Crippen LogP contribution in [-0.4, -0.2) is 63.3 Å². The number of likely N-dealkylation sites (tertiary alicyclic amines) is 2. The van der Waals surface area contributed by atoms with E-state index in [1.807, 2.05) is 0 Å². The van der Waals surface area contributed by atoms with Gasteiger partial charge in [-0.05, 0) is 33.6 Å². The standard InChI is InChI=1S/C6H11NO.C4H9N/c1-7-2-6(3-7)4-8-5-6;1-5-3-2-4-5/h2-5H2,1H3;2-4H2,1H3. The first-order chi connectivity index (χ1) is 6.20. The third-order valence-corrected chi connectivity index (χ3v) is 3.11. The van der Waals surface area contributed by atoms with Gasteiger partial charge in [-0.2, -0.15) is 0 Å². The number of hydrogen-bond donors (Lipinski definition) is 0. The largest absolute Gasteiger partial charge is 0.380 e. The summed E-state index contributed by atoms with van der Waals surface area (Å²) in [6.07, 6.45) is 1.41. The molecule has 0 radical (unpaired) electrons. The van der Waals surface area contributed by atoms with Crippen molar-refractivity contribution >= 4 is 0 Å². The van der Waals surface area contributed by atoms with Crippen LogP contribution in [0.15, 0.2) is 0 Å². The fourth-order valence-corrected chi connectivity index (χ4v) is 2.15. The van der Waals surface area contributed by atoms with Gasteiger partial charge < -0.3 is 14.5 Å². The van der Waals surface area contributed by atoms with Crippen LogP contribution in [0.5, 0.6) is 0 Å². The zero-order valence-corrected chi connectivity index (χ0v) is 8.75. The number of rotatable bonds is 0. The van der Waals surface area contributed by atoms with Gasteiger partial charge in [0.1, 0.15) is 0 Å². The second-order valence-corrected chi connectivity index (χ2v) is 4.82. The van der Waals surface area contributed by atoms with Crippen LogP contribution in [0.3, 0.4) is 0 Å². The predicted molar refractivity (Wildman–Crippen MR) is 52.9 cm³/mol. The Hall–Kier alpha value is -0.120. The molecule has 0 N–H and O–H groups in total. The maximum absolute atomic E-state index is 5.10. The van der Waals surface area contributed by atoms with E-state index in [4.69, 9.17) is 4.74 Å². The molecule has 3 heteroatoms. The van der Waals surface area contributed by atoms with E-state index in [1.54, 1.807) is 0 Å². The molecule has 1 spiro atoms. The van der Waals surface area contributed by atoms with Crippen molar-refractivity contribution in [2.45, 2.75) is 6.42 Å². The van der Waals surface area contributed by atoms with E-state index in [-0.39, 0.29) is 0 Å². The van der Waals surface area contributed by atoms with Crippen LogP contribution in [0.2, 0.25) is 0 Å². The molecular weight excluding hydrogens is 164 g/mol. The zero-order chi connectivity index (χ0) is 9.31. The van der Waals surface area contributed by atoms with Crippen molar-refractivity contribution in [3.05, 3.63) is 0 Å². The quantitative estimate of drug-likeness (QED) is 0.537. The fourth-order valence-electron chi connectivity index (χ4n) is 2.15. The van der Waals surface area contributed by atoms with Crippen LogP contribution in [0.4, 0.5) is 0 Å². The Kier molecular flexibility index (Phi) is 2.58. The van der Waals surface area contributed by atoms with E-state index in [2.05, 4.69) is 23.9 Å². The smallest absolute Gasteiger partial charge is 0.0569 e. The number of hydrogen-bond acceptors (Lipinski definition) is 3. The second kappa shape index (κ2) is 3.56. The Morgan fingerprint density at radius 1 is 1.00 bits per heavy atom. The van der Waals surface area contributed by atoms with Gasteiger partial charge >= 0.3 is 0 Å². The summed E-state index contributed by atoms with van der Waals surface area (Å²) in [5.74, 6) is 0. The zero-order valence-electron chi connectivity index (χ0n) is 8.75. The van der Waals surface area contributed by atoms with Gasteiger partial charge in [-0.3, -0.25) is 0 Å². The van der Waals surface area contributed by atoms with Crippen LogP contribution in [0.1, 0.15) is 6.42 Å². The van der Waals surface area contributed by atoms with Crippen LogP contribution < -0.4 is 0 Å². The highest BCUT2D eigenvalue weighted by atomic mass is 16.5. The molecule has 0 aromatic carbocycles. The van der Waals surface area contributed by atoms with Crippen molar-refractivity contribution < 1.29 is 4.74 Å². The molecule has 0 aliphatic carbocycles. The third kappa shape index (κ3) is 2.03. The van der Waals surface area contributed by atoms with Gasteiger partial charge in [0.25, 0.3) is 0 Å². The van der Waals surface area contributed by atoms with Gasteiger partial charge in [0, 0.05) is 18.5 Å². The molecule has 0 aromatic heterocycles. The molecule has 0 unspecified atom stereocenters. The summed E-state index contributed by atoms with van der Waals surface area (Å²) in [6, 6.07) is 0. The summed E-state index contributed by atoms with van der Waals surface area (Å²) < 4.78 is 5.10. The van der Waals surface area contributed by atoms with Crippen LogP contribution in [0, 0.1) is 5.41 Å². The average molecular weight is 184 g/mol. The Bertz CT molecular complexity index is 168. The average Bonchev–Trinajstić information content (AvgIpc) is 1.92. The molecule has 0 atom stereocenters. The van der Waals surface area contributed by atoms with E-state index in [0.717, 1.165) is 13.2 Å². The van der Waals surface area contributed by atoms with Crippen molar-refractivity contribution in [3.8, 4) is 0 Å². The van der Waals surface area contributed by atoms with Crippen molar-refractivity contribution in [1.82, 2.24) is 9.80 Å². The van der Waals surface area contributed by atoms with Gasteiger partial charge in [-0.15, -0.1) is 0 Å². The second-order valence-electron chi connectivity index (χ2n) is 4.82. The van der Waals surface area contributed by atoms with Crippen molar-refractivity contribution in [1.29, 1.82) is 0 Å². The summed E-state index contributed by atoms with van der Waals surface area (Å²) in [6.45, 7) is 7.18.